The van der Waals surface area contributed by atoms with E-state index < -0.39 is 0 Å². The molecule has 0 aliphatic rings. The van der Waals surface area contributed by atoms with Crippen LogP contribution in [0.5, 0.6) is 0 Å². The third kappa shape index (κ3) is 4.38. The molecule has 0 aromatic carbocycles. The Morgan fingerprint density at radius 2 is 2.08 bits per heavy atom. The molecule has 0 bridgehead atoms. The Bertz CT molecular complexity index is 220. The van der Waals surface area contributed by atoms with E-state index in [1.165, 1.54) is 17.9 Å². The Balaban J connectivity index is 3.97. The van der Waals surface area contributed by atoms with Crippen LogP contribution in [-0.4, -0.2) is 29.4 Å². The van der Waals surface area contributed by atoms with Crippen molar-refractivity contribution in [2.45, 2.75) is 13.8 Å². The van der Waals surface area contributed by atoms with Crippen molar-refractivity contribution in [2.24, 2.45) is 0 Å². The van der Waals surface area contributed by atoms with Crippen LogP contribution in [0.3, 0.4) is 0 Å². The highest BCUT2D eigenvalue weighted by molar-refractivity contribution is 5.88. The number of amidine groups is 1. The van der Waals surface area contributed by atoms with Gasteiger partial charge < -0.3 is 4.90 Å². The van der Waals surface area contributed by atoms with Gasteiger partial charge in [-0.1, -0.05) is 6.08 Å². The molecule has 0 rings (SSSR count). The summed E-state index contributed by atoms with van der Waals surface area (Å²) in [7, 11) is 0. The molecule has 2 N–H and O–H groups in total. The van der Waals surface area contributed by atoms with E-state index in [0.717, 1.165) is 6.34 Å². The Hall–Kier alpha value is -1.45. The highest BCUT2D eigenvalue weighted by atomic mass is 16.1. The van der Waals surface area contributed by atoms with E-state index in [9.17, 15) is 4.79 Å². The molecule has 0 unspecified atom stereocenters. The molecule has 0 saturated carbocycles. The summed E-state index contributed by atoms with van der Waals surface area (Å²) in [5.74, 6) is 0.265. The number of hydrogen-bond donors (Lipinski definition) is 2. The van der Waals surface area contributed by atoms with E-state index >= 15 is 0 Å². The van der Waals surface area contributed by atoms with Crippen LogP contribution in [0, 0.1) is 10.8 Å². The minimum Gasteiger partial charge on any atom is -0.318 e. The monoisotopic (exact) mass is 167 g/mol. The number of nitrogens with one attached hydrogen (secondary N) is 2. The molecule has 0 radical (unpaired) electrons. The summed E-state index contributed by atoms with van der Waals surface area (Å²) < 4.78 is 0. The average Bonchev–Trinajstić information content (AvgIpc) is 1.96. The van der Waals surface area contributed by atoms with Crippen molar-refractivity contribution in [1.82, 2.24) is 4.90 Å². The second-order valence-corrected chi connectivity index (χ2v) is 2.38. The molecule has 4 heteroatoms. The molecule has 0 fully saturated rings. The third-order valence-electron chi connectivity index (χ3n) is 1.24. The maximum absolute atomic E-state index is 10.5. The van der Waals surface area contributed by atoms with Gasteiger partial charge in [0, 0.05) is 6.54 Å². The van der Waals surface area contributed by atoms with Crippen LogP contribution in [0.25, 0.3) is 0 Å². The zero-order chi connectivity index (χ0) is 9.56. The SMILES string of the molecule is CC(=N)N(C=N)C/C=C/C(C)=O. The van der Waals surface area contributed by atoms with Crippen LogP contribution in [0.2, 0.25) is 0 Å². The van der Waals surface area contributed by atoms with Gasteiger partial charge in [0.15, 0.2) is 5.78 Å². The predicted molar refractivity (Wildman–Crippen MR) is 48.7 cm³/mol. The second kappa shape index (κ2) is 5.23. The summed E-state index contributed by atoms with van der Waals surface area (Å²) in [5, 5.41) is 14.1. The highest BCUT2D eigenvalue weighted by Crippen LogP contribution is 1.86. The summed E-state index contributed by atoms with van der Waals surface area (Å²) in [5.41, 5.74) is 0. The maximum atomic E-state index is 10.5. The van der Waals surface area contributed by atoms with Crippen LogP contribution in [0.15, 0.2) is 12.2 Å². The van der Waals surface area contributed by atoms with Crippen LogP contribution in [0.4, 0.5) is 0 Å². The average molecular weight is 167 g/mol. The molecule has 0 atom stereocenters. The number of hydrogen-bond acceptors (Lipinski definition) is 3. The molecular weight excluding hydrogens is 154 g/mol. The second-order valence-electron chi connectivity index (χ2n) is 2.38. The van der Waals surface area contributed by atoms with Gasteiger partial charge in [0.1, 0.15) is 0 Å². The van der Waals surface area contributed by atoms with E-state index in [-0.39, 0.29) is 5.78 Å². The molecule has 0 amide bonds. The fourth-order valence-corrected chi connectivity index (χ4v) is 0.619. The lowest BCUT2D eigenvalue weighted by molar-refractivity contribution is -0.112. The summed E-state index contributed by atoms with van der Waals surface area (Å²) in [6.07, 6.45) is 4.12. The first kappa shape index (κ1) is 10.6. The Labute approximate surface area is 71.9 Å². The number of ketones is 1. The van der Waals surface area contributed by atoms with E-state index in [2.05, 4.69) is 0 Å². The van der Waals surface area contributed by atoms with Gasteiger partial charge in [-0.25, -0.2) is 0 Å². The lowest BCUT2D eigenvalue weighted by Gasteiger charge is -2.13. The quantitative estimate of drug-likeness (QED) is 0.373. The van der Waals surface area contributed by atoms with Crippen LogP contribution < -0.4 is 0 Å². The zero-order valence-electron chi connectivity index (χ0n) is 7.29. The van der Waals surface area contributed by atoms with Crippen molar-refractivity contribution in [2.75, 3.05) is 6.54 Å². The molecule has 0 aromatic heterocycles. The zero-order valence-corrected chi connectivity index (χ0v) is 7.29. The Morgan fingerprint density at radius 1 is 1.50 bits per heavy atom. The number of rotatable bonds is 4. The van der Waals surface area contributed by atoms with Crippen molar-refractivity contribution in [1.29, 1.82) is 10.8 Å². The van der Waals surface area contributed by atoms with Crippen molar-refractivity contribution in [3.8, 4) is 0 Å². The van der Waals surface area contributed by atoms with Gasteiger partial charge >= 0.3 is 0 Å². The summed E-state index contributed by atoms with van der Waals surface area (Å²) in [6.45, 7) is 3.45. The van der Waals surface area contributed by atoms with Gasteiger partial charge in [-0.3, -0.25) is 15.6 Å². The van der Waals surface area contributed by atoms with Gasteiger partial charge in [-0.2, -0.15) is 0 Å². The lowest BCUT2D eigenvalue weighted by atomic mass is 10.3. The third-order valence-corrected chi connectivity index (χ3v) is 1.24. The molecule has 0 aliphatic carbocycles. The topological polar surface area (TPSA) is 68.0 Å². The number of carbonyl (C=O) groups is 1. The smallest absolute Gasteiger partial charge is 0.152 e. The Morgan fingerprint density at radius 3 is 2.42 bits per heavy atom. The summed E-state index contributed by atoms with van der Waals surface area (Å²) >= 11 is 0. The molecule has 0 aromatic rings. The lowest BCUT2D eigenvalue weighted by Crippen LogP contribution is -2.26. The van der Waals surface area contributed by atoms with E-state index in [4.69, 9.17) is 10.8 Å². The molecule has 66 valence electrons. The number of carbonyl (C=O) groups excluding carboxylic acids is 1. The molecule has 4 nitrogen and oxygen atoms in total. The van der Waals surface area contributed by atoms with Crippen molar-refractivity contribution in [3.63, 3.8) is 0 Å². The van der Waals surface area contributed by atoms with Crippen molar-refractivity contribution in [3.05, 3.63) is 12.2 Å². The molecule has 0 heterocycles. The molecule has 0 aliphatic heterocycles. The van der Waals surface area contributed by atoms with E-state index in [1.54, 1.807) is 13.0 Å². The summed E-state index contributed by atoms with van der Waals surface area (Å²) in [6, 6.07) is 0. The first-order valence-electron chi connectivity index (χ1n) is 3.57. The number of allylic oxidation sites excluding steroid dienone is 1. The first-order chi connectivity index (χ1) is 5.57. The van der Waals surface area contributed by atoms with Gasteiger partial charge in [-0.05, 0) is 19.9 Å². The first-order valence-corrected chi connectivity index (χ1v) is 3.57. The standard InChI is InChI=1S/C8H13N3O/c1-7(12)4-3-5-11(6-9)8(2)10/h3-4,6,9-10H,5H2,1-2H3/b4-3+,9-6?,10-8?. The van der Waals surface area contributed by atoms with Crippen molar-refractivity contribution < 1.29 is 4.79 Å². The fourth-order valence-electron chi connectivity index (χ4n) is 0.619. The van der Waals surface area contributed by atoms with E-state index in [1.807, 2.05) is 0 Å². The minimum absolute atomic E-state index is 0.0254. The molecular formula is C8H13N3O. The van der Waals surface area contributed by atoms with Gasteiger partial charge in [0.2, 0.25) is 0 Å². The van der Waals surface area contributed by atoms with Crippen molar-refractivity contribution >= 4 is 18.0 Å². The predicted octanol–water partition coefficient (Wildman–Crippen LogP) is 1.04. The largest absolute Gasteiger partial charge is 0.318 e. The van der Waals surface area contributed by atoms with Crippen LogP contribution >= 0.6 is 0 Å². The van der Waals surface area contributed by atoms with E-state index in [0.29, 0.717) is 12.4 Å². The summed E-state index contributed by atoms with van der Waals surface area (Å²) in [4.78, 5) is 11.9. The van der Waals surface area contributed by atoms with Gasteiger partial charge in [-0.15, -0.1) is 0 Å². The van der Waals surface area contributed by atoms with Crippen LogP contribution in [-0.2, 0) is 4.79 Å². The van der Waals surface area contributed by atoms with Crippen LogP contribution in [0.1, 0.15) is 13.8 Å². The molecule has 0 saturated heterocycles. The number of nitrogens with zero attached hydrogens (tertiary/aromatic N) is 1. The van der Waals surface area contributed by atoms with Gasteiger partial charge in [0.05, 0.1) is 12.2 Å². The molecule has 12 heavy (non-hydrogen) atoms. The maximum Gasteiger partial charge on any atom is 0.152 e. The Kier molecular flexibility index (Phi) is 4.60. The fraction of sp³-hybridized carbons (Fsp3) is 0.375. The van der Waals surface area contributed by atoms with Gasteiger partial charge in [0.25, 0.3) is 0 Å². The minimum atomic E-state index is -0.0254. The molecule has 0 spiro atoms. The normalized spacial score (nSPS) is 9.83. The highest BCUT2D eigenvalue weighted by Gasteiger charge is 1.97.